The van der Waals surface area contributed by atoms with Gasteiger partial charge in [-0.1, -0.05) is 6.07 Å². The molecule has 1 unspecified atom stereocenters. The number of ether oxygens (including phenoxy) is 2. The van der Waals surface area contributed by atoms with E-state index in [0.717, 1.165) is 4.88 Å². The molecule has 1 atom stereocenters. The Bertz CT molecular complexity index is 737. The number of hydrogen-bond donors (Lipinski definition) is 1. The van der Waals surface area contributed by atoms with Crippen LogP contribution in [-0.2, 0) is 4.79 Å². The summed E-state index contributed by atoms with van der Waals surface area (Å²) in [6, 6.07) is 8.23. The van der Waals surface area contributed by atoms with Crippen molar-refractivity contribution in [2.45, 2.75) is 19.3 Å². The molecule has 8 heteroatoms. The zero-order valence-corrected chi connectivity index (χ0v) is 13.9. The number of benzene rings is 1. The normalized spacial score (nSPS) is 16.2. The Labute approximate surface area is 141 Å². The van der Waals surface area contributed by atoms with Gasteiger partial charge in [-0.05, 0) is 37.6 Å². The van der Waals surface area contributed by atoms with E-state index in [4.69, 9.17) is 0 Å². The average molecular weight is 354 g/mol. The molecule has 1 aromatic heterocycles. The lowest BCUT2D eigenvalue weighted by Gasteiger charge is -2.23. The lowest BCUT2D eigenvalue weighted by Crippen LogP contribution is -2.31. The second-order valence-electron chi connectivity index (χ2n) is 5.48. The van der Waals surface area contributed by atoms with Gasteiger partial charge in [-0.25, -0.2) is 0 Å². The Hall–Kier alpha value is -2.19. The fourth-order valence-electron chi connectivity index (χ4n) is 2.34. The highest BCUT2D eigenvalue weighted by Crippen LogP contribution is 2.42. The molecule has 1 aromatic carbocycles. The summed E-state index contributed by atoms with van der Waals surface area (Å²) in [7, 11) is 1.85. The van der Waals surface area contributed by atoms with Crippen molar-refractivity contribution >= 4 is 22.9 Å². The first-order chi connectivity index (χ1) is 11.3. The van der Waals surface area contributed by atoms with Gasteiger partial charge in [0.2, 0.25) is 5.91 Å². The SMILES string of the molecule is CC(c1cccs1)N(C)CC(=O)Nc1ccc2c(c1)OC(F)(F)O2. The van der Waals surface area contributed by atoms with Gasteiger partial charge in [0.25, 0.3) is 0 Å². The quantitative estimate of drug-likeness (QED) is 0.890. The summed E-state index contributed by atoms with van der Waals surface area (Å²) in [4.78, 5) is 15.2. The van der Waals surface area contributed by atoms with Gasteiger partial charge in [0.1, 0.15) is 0 Å². The number of nitrogens with one attached hydrogen (secondary N) is 1. The van der Waals surface area contributed by atoms with Crippen molar-refractivity contribution in [1.82, 2.24) is 4.90 Å². The standard InChI is InChI=1S/C16H16F2N2O3S/c1-10(14-4-3-7-24-14)20(2)9-15(21)19-11-5-6-12-13(8-11)23-16(17,18)22-12/h3-8,10H,9H2,1-2H3,(H,19,21). The number of anilines is 1. The first-order valence-electron chi connectivity index (χ1n) is 7.27. The highest BCUT2D eigenvalue weighted by Gasteiger charge is 2.43. The maximum absolute atomic E-state index is 13.0. The van der Waals surface area contributed by atoms with E-state index < -0.39 is 6.29 Å². The molecule has 0 bridgehead atoms. The fraction of sp³-hybridized carbons (Fsp3) is 0.312. The third-order valence-corrected chi connectivity index (χ3v) is 4.74. The molecule has 0 spiro atoms. The lowest BCUT2D eigenvalue weighted by atomic mass is 10.2. The Kier molecular flexibility index (Phi) is 4.42. The van der Waals surface area contributed by atoms with Crippen LogP contribution in [0.4, 0.5) is 14.5 Å². The number of hydrogen-bond acceptors (Lipinski definition) is 5. The highest BCUT2D eigenvalue weighted by atomic mass is 32.1. The molecule has 128 valence electrons. The molecule has 1 amide bonds. The zero-order valence-electron chi connectivity index (χ0n) is 13.1. The molecule has 0 fully saturated rings. The number of fused-ring (bicyclic) bond motifs is 1. The summed E-state index contributed by atoms with van der Waals surface area (Å²) < 4.78 is 34.7. The van der Waals surface area contributed by atoms with E-state index >= 15 is 0 Å². The fourth-order valence-corrected chi connectivity index (χ4v) is 3.19. The topological polar surface area (TPSA) is 50.8 Å². The van der Waals surface area contributed by atoms with E-state index in [1.165, 1.54) is 18.2 Å². The molecule has 5 nitrogen and oxygen atoms in total. The maximum atomic E-state index is 13.0. The van der Waals surface area contributed by atoms with Crippen LogP contribution in [0.1, 0.15) is 17.8 Å². The van der Waals surface area contributed by atoms with Crippen molar-refractivity contribution < 1.29 is 23.0 Å². The summed E-state index contributed by atoms with van der Waals surface area (Å²) in [6.07, 6.45) is -3.67. The van der Waals surface area contributed by atoms with Gasteiger partial charge in [0.05, 0.1) is 6.54 Å². The van der Waals surface area contributed by atoms with E-state index in [1.54, 1.807) is 11.3 Å². The number of likely N-dealkylation sites (N-methyl/N-ethyl adjacent to an activating group) is 1. The Balaban J connectivity index is 1.60. The number of rotatable bonds is 5. The Morgan fingerprint density at radius 3 is 2.79 bits per heavy atom. The molecule has 0 saturated carbocycles. The molecule has 1 aliphatic rings. The van der Waals surface area contributed by atoms with Crippen LogP contribution < -0.4 is 14.8 Å². The Morgan fingerprint density at radius 2 is 2.08 bits per heavy atom. The van der Waals surface area contributed by atoms with Crippen molar-refractivity contribution in [3.63, 3.8) is 0 Å². The molecule has 1 N–H and O–H groups in total. The number of halogens is 2. The maximum Gasteiger partial charge on any atom is 0.586 e. The molecular weight excluding hydrogens is 338 g/mol. The van der Waals surface area contributed by atoms with Crippen LogP contribution >= 0.6 is 11.3 Å². The summed E-state index contributed by atoms with van der Waals surface area (Å²) in [5.41, 5.74) is 0.372. The van der Waals surface area contributed by atoms with Crippen molar-refractivity contribution in [3.8, 4) is 11.5 Å². The highest BCUT2D eigenvalue weighted by molar-refractivity contribution is 7.10. The van der Waals surface area contributed by atoms with E-state index in [0.29, 0.717) is 5.69 Å². The van der Waals surface area contributed by atoms with Crippen molar-refractivity contribution in [2.24, 2.45) is 0 Å². The summed E-state index contributed by atoms with van der Waals surface area (Å²) in [6.45, 7) is 2.19. The predicted molar refractivity (Wildman–Crippen MR) is 86.6 cm³/mol. The van der Waals surface area contributed by atoms with Crippen LogP contribution in [0.5, 0.6) is 11.5 Å². The second-order valence-corrected chi connectivity index (χ2v) is 6.46. The molecule has 2 aromatic rings. The molecule has 2 heterocycles. The van der Waals surface area contributed by atoms with Gasteiger partial charge in [0.15, 0.2) is 11.5 Å². The summed E-state index contributed by atoms with van der Waals surface area (Å²) >= 11 is 1.63. The molecule has 0 radical (unpaired) electrons. The van der Waals surface area contributed by atoms with Gasteiger partial charge in [-0.3, -0.25) is 9.69 Å². The largest absolute Gasteiger partial charge is 0.586 e. The monoisotopic (exact) mass is 354 g/mol. The van der Waals surface area contributed by atoms with E-state index in [9.17, 15) is 13.6 Å². The molecule has 0 saturated heterocycles. The third-order valence-electron chi connectivity index (χ3n) is 3.69. The molecule has 24 heavy (non-hydrogen) atoms. The first kappa shape index (κ1) is 16.7. The number of carbonyl (C=O) groups is 1. The van der Waals surface area contributed by atoms with Crippen molar-refractivity contribution in [1.29, 1.82) is 0 Å². The number of alkyl halides is 2. The van der Waals surface area contributed by atoms with E-state index in [2.05, 4.69) is 14.8 Å². The van der Waals surface area contributed by atoms with Crippen LogP contribution in [-0.4, -0.2) is 30.7 Å². The predicted octanol–water partition coefficient (Wildman–Crippen LogP) is 3.70. The zero-order chi connectivity index (χ0) is 17.3. The van der Waals surface area contributed by atoms with Gasteiger partial charge in [0, 0.05) is 22.7 Å². The van der Waals surface area contributed by atoms with Crippen molar-refractivity contribution in [3.05, 3.63) is 40.6 Å². The lowest BCUT2D eigenvalue weighted by molar-refractivity contribution is -0.286. The summed E-state index contributed by atoms with van der Waals surface area (Å²) in [5.74, 6) is -0.397. The number of nitrogens with zero attached hydrogens (tertiary/aromatic N) is 1. The Morgan fingerprint density at radius 1 is 1.33 bits per heavy atom. The first-order valence-corrected chi connectivity index (χ1v) is 8.15. The van der Waals surface area contributed by atoms with Gasteiger partial charge in [-0.2, -0.15) is 0 Å². The van der Waals surface area contributed by atoms with Crippen LogP contribution in [0.25, 0.3) is 0 Å². The molecule has 3 rings (SSSR count). The van der Waals surface area contributed by atoms with Gasteiger partial charge in [-0.15, -0.1) is 20.1 Å². The van der Waals surface area contributed by atoms with Crippen LogP contribution in [0.15, 0.2) is 35.7 Å². The second kappa shape index (κ2) is 6.37. The van der Waals surface area contributed by atoms with E-state index in [-0.39, 0.29) is 30.0 Å². The average Bonchev–Trinajstić information content (AvgIpc) is 3.11. The summed E-state index contributed by atoms with van der Waals surface area (Å²) in [5, 5.41) is 4.66. The molecular formula is C16H16F2N2O3S. The number of thiophene rings is 1. The van der Waals surface area contributed by atoms with Gasteiger partial charge < -0.3 is 14.8 Å². The van der Waals surface area contributed by atoms with Crippen molar-refractivity contribution in [2.75, 3.05) is 18.9 Å². The van der Waals surface area contributed by atoms with Crippen LogP contribution in [0.3, 0.4) is 0 Å². The minimum Gasteiger partial charge on any atom is -0.395 e. The smallest absolute Gasteiger partial charge is 0.395 e. The van der Waals surface area contributed by atoms with Crippen LogP contribution in [0.2, 0.25) is 0 Å². The third kappa shape index (κ3) is 3.65. The molecule has 0 aliphatic carbocycles. The number of carbonyl (C=O) groups excluding carboxylic acids is 1. The van der Waals surface area contributed by atoms with Crippen LogP contribution in [0, 0.1) is 0 Å². The van der Waals surface area contributed by atoms with Gasteiger partial charge >= 0.3 is 6.29 Å². The molecule has 1 aliphatic heterocycles. The van der Waals surface area contributed by atoms with E-state index in [1.807, 2.05) is 36.4 Å². The number of amides is 1. The minimum atomic E-state index is -3.67. The minimum absolute atomic E-state index is 0.0542.